The molecule has 0 N–H and O–H groups in total. The summed E-state index contributed by atoms with van der Waals surface area (Å²) >= 11 is 2.09. The lowest BCUT2D eigenvalue weighted by Crippen LogP contribution is -2.42. The second-order valence-electron chi connectivity index (χ2n) is 5.75. The van der Waals surface area contributed by atoms with Gasteiger partial charge in [-0.2, -0.15) is 0 Å². The number of fused-ring (bicyclic) bond motifs is 1. The van der Waals surface area contributed by atoms with Crippen molar-refractivity contribution in [2.24, 2.45) is 0 Å². The van der Waals surface area contributed by atoms with Crippen molar-refractivity contribution < 1.29 is 14.3 Å². The number of nitrogens with zero attached hydrogens (tertiary/aromatic N) is 1. The molecule has 0 aromatic heterocycles. The molecule has 1 aliphatic heterocycles. The molecule has 2 aromatic carbocycles. The van der Waals surface area contributed by atoms with Crippen LogP contribution < -0.4 is 4.90 Å². The Morgan fingerprint density at radius 3 is 2.62 bits per heavy atom. The number of hydrogen-bond donors (Lipinski definition) is 0. The number of halogens is 1. The third-order valence-corrected chi connectivity index (χ3v) is 5.04. The van der Waals surface area contributed by atoms with Crippen LogP contribution in [0.15, 0.2) is 48.5 Å². The number of carbonyl (C=O) groups excluding carboxylic acids is 2. The highest BCUT2D eigenvalue weighted by atomic mass is 127. The average Bonchev–Trinajstić information content (AvgIpc) is 2.60. The number of esters is 1. The first-order valence-corrected chi connectivity index (χ1v) is 9.00. The Morgan fingerprint density at radius 2 is 1.83 bits per heavy atom. The van der Waals surface area contributed by atoms with E-state index >= 15 is 0 Å². The number of rotatable bonds is 3. The van der Waals surface area contributed by atoms with Crippen LogP contribution >= 0.6 is 22.6 Å². The van der Waals surface area contributed by atoms with E-state index < -0.39 is 12.1 Å². The molecule has 0 saturated carbocycles. The van der Waals surface area contributed by atoms with Crippen LogP contribution in [0.4, 0.5) is 5.69 Å². The van der Waals surface area contributed by atoms with Crippen LogP contribution in [0.25, 0.3) is 0 Å². The van der Waals surface area contributed by atoms with Gasteiger partial charge in [-0.1, -0.05) is 30.3 Å². The summed E-state index contributed by atoms with van der Waals surface area (Å²) in [5.41, 5.74) is 2.57. The van der Waals surface area contributed by atoms with Crippen LogP contribution in [0.5, 0.6) is 0 Å². The number of anilines is 1. The Kier molecular flexibility index (Phi) is 5.18. The molecule has 124 valence electrons. The maximum absolute atomic E-state index is 12.8. The second-order valence-corrected chi connectivity index (χ2v) is 6.91. The third kappa shape index (κ3) is 3.45. The van der Waals surface area contributed by atoms with Crippen LogP contribution in [0.3, 0.4) is 0 Å². The summed E-state index contributed by atoms with van der Waals surface area (Å²) in [5, 5.41) is 0. The summed E-state index contributed by atoms with van der Waals surface area (Å²) in [7, 11) is 0. The highest BCUT2D eigenvalue weighted by Crippen LogP contribution is 2.27. The molecule has 1 amide bonds. The minimum atomic E-state index is -0.820. The maximum atomic E-state index is 12.8. The molecular formula is C19H18INO3. The third-order valence-electron chi connectivity index (χ3n) is 4.10. The first kappa shape index (κ1) is 17.0. The van der Waals surface area contributed by atoms with E-state index in [1.165, 1.54) is 0 Å². The van der Waals surface area contributed by atoms with Crippen LogP contribution in [-0.4, -0.2) is 24.5 Å². The number of amides is 1. The zero-order chi connectivity index (χ0) is 17.1. The van der Waals surface area contributed by atoms with E-state index in [1.54, 1.807) is 24.0 Å². The van der Waals surface area contributed by atoms with Crippen LogP contribution in [0.1, 0.15) is 29.3 Å². The average molecular weight is 435 g/mol. The molecule has 3 rings (SSSR count). The fourth-order valence-corrected chi connectivity index (χ4v) is 3.49. The van der Waals surface area contributed by atoms with Gasteiger partial charge in [0.1, 0.15) is 0 Å². The first-order valence-electron chi connectivity index (χ1n) is 7.92. The fraction of sp³-hybridized carbons (Fsp3) is 0.263. The van der Waals surface area contributed by atoms with Gasteiger partial charge in [0.15, 0.2) is 6.10 Å². The Hall–Kier alpha value is -1.89. The number of ether oxygens (including phenoxy) is 1. The smallest absolute Gasteiger partial charge is 0.339 e. The Balaban J connectivity index is 1.74. The van der Waals surface area contributed by atoms with Gasteiger partial charge in [-0.3, -0.25) is 4.79 Å². The summed E-state index contributed by atoms with van der Waals surface area (Å²) in [6.45, 7) is 2.29. The summed E-state index contributed by atoms with van der Waals surface area (Å²) in [6, 6.07) is 15.1. The monoisotopic (exact) mass is 435 g/mol. The normalized spacial score (nSPS) is 14.7. The molecule has 2 aromatic rings. The van der Waals surface area contributed by atoms with E-state index in [2.05, 4.69) is 22.6 Å². The Bertz CT molecular complexity index is 775. The quantitative estimate of drug-likeness (QED) is 0.544. The number of benzene rings is 2. The highest BCUT2D eigenvalue weighted by molar-refractivity contribution is 14.1. The van der Waals surface area contributed by atoms with Crippen molar-refractivity contribution in [3.05, 3.63) is 63.2 Å². The van der Waals surface area contributed by atoms with E-state index in [0.29, 0.717) is 12.1 Å². The van der Waals surface area contributed by atoms with Gasteiger partial charge in [0.05, 0.1) is 5.56 Å². The maximum Gasteiger partial charge on any atom is 0.339 e. The number of para-hydroxylation sites is 1. The van der Waals surface area contributed by atoms with Gasteiger partial charge in [0.25, 0.3) is 5.91 Å². The van der Waals surface area contributed by atoms with E-state index in [9.17, 15) is 9.59 Å². The number of aryl methyl sites for hydroxylation is 1. The lowest BCUT2D eigenvalue weighted by molar-refractivity contribution is -0.126. The van der Waals surface area contributed by atoms with Gasteiger partial charge >= 0.3 is 5.97 Å². The Labute approximate surface area is 154 Å². The van der Waals surface area contributed by atoms with E-state index in [-0.39, 0.29) is 5.91 Å². The summed E-state index contributed by atoms with van der Waals surface area (Å²) < 4.78 is 6.22. The van der Waals surface area contributed by atoms with Crippen molar-refractivity contribution in [3.63, 3.8) is 0 Å². The fourth-order valence-electron chi connectivity index (χ4n) is 2.88. The molecular weight excluding hydrogens is 417 g/mol. The predicted molar refractivity (Wildman–Crippen MR) is 101 cm³/mol. The van der Waals surface area contributed by atoms with Gasteiger partial charge in [-0.25, -0.2) is 4.79 Å². The lowest BCUT2D eigenvalue weighted by Gasteiger charge is -2.31. The minimum Gasteiger partial charge on any atom is -0.449 e. The van der Waals surface area contributed by atoms with E-state index in [1.807, 2.05) is 36.4 Å². The Morgan fingerprint density at radius 1 is 1.12 bits per heavy atom. The van der Waals surface area contributed by atoms with Crippen LogP contribution in [0.2, 0.25) is 0 Å². The molecule has 4 nitrogen and oxygen atoms in total. The molecule has 1 heterocycles. The van der Waals surface area contributed by atoms with Crippen LogP contribution in [-0.2, 0) is 16.0 Å². The summed E-state index contributed by atoms with van der Waals surface area (Å²) in [4.78, 5) is 26.8. The van der Waals surface area contributed by atoms with E-state index in [0.717, 1.165) is 27.7 Å². The van der Waals surface area contributed by atoms with Crippen LogP contribution in [0, 0.1) is 3.57 Å². The molecule has 0 spiro atoms. The predicted octanol–water partition coefficient (Wildman–Crippen LogP) is 3.82. The standard InChI is InChI=1S/C19H18INO3/c1-13(24-19(23)15-9-3-4-10-16(15)20)18(22)21-12-6-8-14-7-2-5-11-17(14)21/h2-5,7,9-11,13H,6,8,12H2,1H3. The largest absolute Gasteiger partial charge is 0.449 e. The zero-order valence-electron chi connectivity index (χ0n) is 13.4. The molecule has 0 saturated heterocycles. The number of carbonyl (C=O) groups is 2. The molecule has 24 heavy (non-hydrogen) atoms. The molecule has 0 radical (unpaired) electrons. The molecule has 0 fully saturated rings. The van der Waals surface area contributed by atoms with Crippen molar-refractivity contribution in [1.82, 2.24) is 0 Å². The molecule has 0 bridgehead atoms. The topological polar surface area (TPSA) is 46.6 Å². The zero-order valence-corrected chi connectivity index (χ0v) is 15.5. The molecule has 5 heteroatoms. The van der Waals surface area contributed by atoms with Gasteiger partial charge in [-0.05, 0) is 66.1 Å². The second kappa shape index (κ2) is 7.34. The number of hydrogen-bond acceptors (Lipinski definition) is 3. The van der Waals surface area contributed by atoms with Crippen molar-refractivity contribution in [2.75, 3.05) is 11.4 Å². The summed E-state index contributed by atoms with van der Waals surface area (Å²) in [5.74, 6) is -0.646. The van der Waals surface area contributed by atoms with Crippen molar-refractivity contribution in [2.45, 2.75) is 25.9 Å². The van der Waals surface area contributed by atoms with Crippen molar-refractivity contribution in [3.8, 4) is 0 Å². The van der Waals surface area contributed by atoms with Gasteiger partial charge < -0.3 is 9.64 Å². The van der Waals surface area contributed by atoms with Gasteiger partial charge in [-0.15, -0.1) is 0 Å². The first-order chi connectivity index (χ1) is 11.6. The molecule has 0 aliphatic carbocycles. The van der Waals surface area contributed by atoms with E-state index in [4.69, 9.17) is 4.74 Å². The van der Waals surface area contributed by atoms with Crippen molar-refractivity contribution in [1.29, 1.82) is 0 Å². The molecule has 1 atom stereocenters. The minimum absolute atomic E-state index is 0.179. The van der Waals surface area contributed by atoms with Crippen molar-refractivity contribution >= 4 is 40.2 Å². The SMILES string of the molecule is CC(OC(=O)c1ccccc1I)C(=O)N1CCCc2ccccc21. The molecule has 1 aliphatic rings. The van der Waals surface area contributed by atoms with Gasteiger partial charge in [0, 0.05) is 15.8 Å². The summed E-state index contributed by atoms with van der Waals surface area (Å²) in [6.07, 6.45) is 1.07. The lowest BCUT2D eigenvalue weighted by atomic mass is 10.0. The van der Waals surface area contributed by atoms with Gasteiger partial charge in [0.2, 0.25) is 0 Å². The molecule has 1 unspecified atom stereocenters. The highest BCUT2D eigenvalue weighted by Gasteiger charge is 2.28.